The summed E-state index contributed by atoms with van der Waals surface area (Å²) in [6, 6.07) is 6.76. The smallest absolute Gasteiger partial charge is 0.341 e. The summed E-state index contributed by atoms with van der Waals surface area (Å²) in [6.45, 7) is 4.16. The third kappa shape index (κ3) is 3.47. The largest absolute Gasteiger partial charge is 0.462 e. The zero-order valence-corrected chi connectivity index (χ0v) is 11.9. The van der Waals surface area contributed by atoms with Gasteiger partial charge in [0.2, 0.25) is 0 Å². The zero-order valence-electron chi connectivity index (χ0n) is 11.9. The predicted molar refractivity (Wildman–Crippen MR) is 75.5 cm³/mol. The Labute approximate surface area is 122 Å². The molecule has 21 heavy (non-hydrogen) atoms. The van der Waals surface area contributed by atoms with Gasteiger partial charge in [-0.1, -0.05) is 0 Å². The lowest BCUT2D eigenvalue weighted by molar-refractivity contribution is 0.0517. The highest BCUT2D eigenvalue weighted by atomic mass is 16.5. The Morgan fingerprint density at radius 2 is 1.57 bits per heavy atom. The Morgan fingerprint density at radius 3 is 2.14 bits per heavy atom. The second-order valence-electron chi connectivity index (χ2n) is 4.16. The van der Waals surface area contributed by atoms with Gasteiger partial charge in [-0.2, -0.15) is 5.10 Å². The van der Waals surface area contributed by atoms with E-state index in [1.54, 1.807) is 49.0 Å². The van der Waals surface area contributed by atoms with Gasteiger partial charge in [-0.25, -0.2) is 14.3 Å². The van der Waals surface area contributed by atoms with E-state index in [-0.39, 0.29) is 5.97 Å². The average molecular weight is 288 g/mol. The molecule has 6 nitrogen and oxygen atoms in total. The number of hydrogen-bond acceptors (Lipinski definition) is 5. The fraction of sp³-hybridized carbons (Fsp3) is 0.267. The Bertz CT molecular complexity index is 631. The Kier molecular flexibility index (Phi) is 4.71. The van der Waals surface area contributed by atoms with E-state index in [0.717, 1.165) is 5.69 Å². The topological polar surface area (TPSA) is 70.4 Å². The molecule has 0 unspecified atom stereocenters. The van der Waals surface area contributed by atoms with Crippen molar-refractivity contribution >= 4 is 11.9 Å². The molecule has 1 aromatic heterocycles. The van der Waals surface area contributed by atoms with Gasteiger partial charge in [-0.05, 0) is 38.1 Å². The number of benzene rings is 1. The summed E-state index contributed by atoms with van der Waals surface area (Å²) in [5.41, 5.74) is 1.59. The van der Waals surface area contributed by atoms with Crippen molar-refractivity contribution in [3.63, 3.8) is 0 Å². The van der Waals surface area contributed by atoms with Gasteiger partial charge in [0.25, 0.3) is 0 Å². The van der Waals surface area contributed by atoms with E-state index < -0.39 is 5.97 Å². The molecule has 0 fully saturated rings. The molecule has 1 heterocycles. The van der Waals surface area contributed by atoms with Crippen LogP contribution < -0.4 is 0 Å². The van der Waals surface area contributed by atoms with Crippen LogP contribution in [0.3, 0.4) is 0 Å². The van der Waals surface area contributed by atoms with Crippen LogP contribution in [0.5, 0.6) is 0 Å². The summed E-state index contributed by atoms with van der Waals surface area (Å²) in [6.07, 6.45) is 3.02. The summed E-state index contributed by atoms with van der Waals surface area (Å²) in [5.74, 6) is -0.774. The molecule has 1 aromatic carbocycles. The first-order valence-electron chi connectivity index (χ1n) is 6.65. The van der Waals surface area contributed by atoms with Crippen molar-refractivity contribution in [2.75, 3.05) is 13.2 Å². The van der Waals surface area contributed by atoms with Crippen LogP contribution in [0.25, 0.3) is 5.69 Å². The molecule has 0 atom stereocenters. The van der Waals surface area contributed by atoms with Crippen LogP contribution in [0.4, 0.5) is 0 Å². The van der Waals surface area contributed by atoms with E-state index in [1.807, 2.05) is 0 Å². The van der Waals surface area contributed by atoms with Crippen molar-refractivity contribution < 1.29 is 19.1 Å². The molecule has 2 rings (SSSR count). The molecule has 0 amide bonds. The lowest BCUT2D eigenvalue weighted by Crippen LogP contribution is -2.05. The lowest BCUT2D eigenvalue weighted by atomic mass is 10.2. The molecule has 2 aromatic rings. The number of ether oxygens (including phenoxy) is 2. The molecule has 0 aliphatic heterocycles. The van der Waals surface area contributed by atoms with Crippen LogP contribution in [0.2, 0.25) is 0 Å². The molecule has 0 spiro atoms. The third-order valence-electron chi connectivity index (χ3n) is 2.74. The highest BCUT2D eigenvalue weighted by Gasteiger charge is 2.11. The zero-order chi connectivity index (χ0) is 15.2. The number of esters is 2. The number of aromatic nitrogens is 2. The van der Waals surface area contributed by atoms with Gasteiger partial charge in [0, 0.05) is 6.20 Å². The number of rotatable bonds is 5. The molecule has 0 saturated carbocycles. The minimum atomic E-state index is -0.410. The number of hydrogen-bond donors (Lipinski definition) is 0. The number of nitrogens with zero attached hydrogens (tertiary/aromatic N) is 2. The molecule has 0 N–H and O–H groups in total. The van der Waals surface area contributed by atoms with E-state index in [2.05, 4.69) is 5.10 Å². The van der Waals surface area contributed by atoms with Gasteiger partial charge in [-0.3, -0.25) is 0 Å². The molecule has 110 valence electrons. The maximum absolute atomic E-state index is 11.6. The van der Waals surface area contributed by atoms with Crippen LogP contribution >= 0.6 is 0 Å². The molecule has 0 saturated heterocycles. The van der Waals surface area contributed by atoms with Crippen LogP contribution in [-0.4, -0.2) is 34.9 Å². The van der Waals surface area contributed by atoms with Gasteiger partial charge in [0.15, 0.2) is 0 Å². The van der Waals surface area contributed by atoms with Crippen LogP contribution in [0.1, 0.15) is 34.6 Å². The second-order valence-corrected chi connectivity index (χ2v) is 4.16. The summed E-state index contributed by atoms with van der Waals surface area (Å²) >= 11 is 0. The van der Waals surface area contributed by atoms with E-state index in [0.29, 0.717) is 24.3 Å². The Balaban J connectivity index is 2.15. The molecule has 0 aliphatic rings. The van der Waals surface area contributed by atoms with E-state index in [1.165, 1.54) is 6.20 Å². The summed E-state index contributed by atoms with van der Waals surface area (Å²) in [5, 5.41) is 4.10. The molecular weight excluding hydrogens is 272 g/mol. The Hall–Kier alpha value is -2.63. The molecule has 6 heteroatoms. The first kappa shape index (κ1) is 14.8. The minimum absolute atomic E-state index is 0.318. The van der Waals surface area contributed by atoms with E-state index >= 15 is 0 Å². The normalized spacial score (nSPS) is 10.2. The maximum Gasteiger partial charge on any atom is 0.341 e. The monoisotopic (exact) mass is 288 g/mol. The van der Waals surface area contributed by atoms with Crippen molar-refractivity contribution in [3.8, 4) is 5.69 Å². The van der Waals surface area contributed by atoms with Crippen LogP contribution in [-0.2, 0) is 9.47 Å². The first-order valence-corrected chi connectivity index (χ1v) is 6.65. The van der Waals surface area contributed by atoms with Gasteiger partial charge >= 0.3 is 11.9 Å². The van der Waals surface area contributed by atoms with Crippen molar-refractivity contribution in [1.82, 2.24) is 9.78 Å². The third-order valence-corrected chi connectivity index (χ3v) is 2.74. The van der Waals surface area contributed by atoms with Gasteiger partial charge < -0.3 is 9.47 Å². The SMILES string of the molecule is CCOC(=O)c1ccc(-n2cc(C(=O)OCC)cn2)cc1. The first-order chi connectivity index (χ1) is 10.2. The van der Waals surface area contributed by atoms with E-state index in [4.69, 9.17) is 9.47 Å². The Morgan fingerprint density at radius 1 is 1.00 bits per heavy atom. The summed E-state index contributed by atoms with van der Waals surface area (Å²) in [4.78, 5) is 23.1. The van der Waals surface area contributed by atoms with Gasteiger partial charge in [0.1, 0.15) is 0 Å². The van der Waals surface area contributed by atoms with Crippen molar-refractivity contribution in [1.29, 1.82) is 0 Å². The molecule has 0 radical (unpaired) electrons. The average Bonchev–Trinajstić information content (AvgIpc) is 2.98. The summed E-state index contributed by atoms with van der Waals surface area (Å²) < 4.78 is 11.4. The van der Waals surface area contributed by atoms with Crippen LogP contribution in [0, 0.1) is 0 Å². The predicted octanol–water partition coefficient (Wildman–Crippen LogP) is 2.23. The van der Waals surface area contributed by atoms with Crippen molar-refractivity contribution in [2.45, 2.75) is 13.8 Å². The number of carbonyl (C=O) groups is 2. The van der Waals surface area contributed by atoms with Crippen LogP contribution in [0.15, 0.2) is 36.7 Å². The maximum atomic E-state index is 11.6. The summed E-state index contributed by atoms with van der Waals surface area (Å²) in [7, 11) is 0. The quantitative estimate of drug-likeness (QED) is 0.789. The molecular formula is C15H16N2O4. The minimum Gasteiger partial charge on any atom is -0.462 e. The van der Waals surface area contributed by atoms with Gasteiger partial charge in [0.05, 0.1) is 36.2 Å². The standard InChI is InChI=1S/C15H16N2O4/c1-3-20-14(18)11-5-7-13(8-6-11)17-10-12(9-16-17)15(19)21-4-2/h5-10H,3-4H2,1-2H3. The highest BCUT2D eigenvalue weighted by Crippen LogP contribution is 2.11. The second kappa shape index (κ2) is 6.69. The lowest BCUT2D eigenvalue weighted by Gasteiger charge is -2.04. The van der Waals surface area contributed by atoms with E-state index in [9.17, 15) is 9.59 Å². The number of carbonyl (C=O) groups excluding carboxylic acids is 2. The fourth-order valence-electron chi connectivity index (χ4n) is 1.75. The van der Waals surface area contributed by atoms with Gasteiger partial charge in [-0.15, -0.1) is 0 Å². The highest BCUT2D eigenvalue weighted by molar-refractivity contribution is 5.90. The molecule has 0 bridgehead atoms. The van der Waals surface area contributed by atoms with Crippen molar-refractivity contribution in [3.05, 3.63) is 47.8 Å². The fourth-order valence-corrected chi connectivity index (χ4v) is 1.75. The van der Waals surface area contributed by atoms with Crippen molar-refractivity contribution in [2.24, 2.45) is 0 Å². The molecule has 0 aliphatic carbocycles.